The van der Waals surface area contributed by atoms with Gasteiger partial charge >= 0.3 is 0 Å². The summed E-state index contributed by atoms with van der Waals surface area (Å²) < 4.78 is 13.0. The molecule has 2 aliphatic rings. The molecular formula is C35H36BrN3O4S. The Kier molecular flexibility index (Phi) is 10.3. The van der Waals surface area contributed by atoms with E-state index >= 15 is 0 Å². The molecule has 0 radical (unpaired) electrons. The van der Waals surface area contributed by atoms with Crippen molar-refractivity contribution in [3.63, 3.8) is 0 Å². The van der Waals surface area contributed by atoms with Gasteiger partial charge in [-0.25, -0.2) is 0 Å². The number of hydrogen-bond donors (Lipinski definition) is 1. The van der Waals surface area contributed by atoms with Gasteiger partial charge in [0.1, 0.15) is 6.61 Å². The third-order valence-electron chi connectivity index (χ3n) is 8.10. The minimum absolute atomic E-state index is 0.0873. The van der Waals surface area contributed by atoms with Gasteiger partial charge in [-0.3, -0.25) is 14.6 Å². The maximum atomic E-state index is 13.5. The highest BCUT2D eigenvalue weighted by Crippen LogP contribution is 2.48. The quantitative estimate of drug-likeness (QED) is 0.221. The number of allylic oxidation sites excluding steroid dienone is 2. The molecule has 0 spiro atoms. The number of rotatable bonds is 11. The van der Waals surface area contributed by atoms with E-state index in [1.54, 1.807) is 23.5 Å². The third kappa shape index (κ3) is 6.98. The molecule has 3 unspecified atom stereocenters. The van der Waals surface area contributed by atoms with Gasteiger partial charge in [-0.1, -0.05) is 31.5 Å². The van der Waals surface area contributed by atoms with E-state index in [1.807, 2.05) is 55.6 Å². The number of nitriles is 1. The number of halogens is 1. The molecule has 5 rings (SSSR count). The second-order valence-electron chi connectivity index (χ2n) is 11.2. The average Bonchev–Trinajstić information content (AvgIpc) is 3.53. The highest BCUT2D eigenvalue weighted by atomic mass is 79.9. The zero-order chi connectivity index (χ0) is 31.2. The predicted molar refractivity (Wildman–Crippen MR) is 176 cm³/mol. The zero-order valence-corrected chi connectivity index (χ0v) is 27.6. The lowest BCUT2D eigenvalue weighted by atomic mass is 9.70. The van der Waals surface area contributed by atoms with Crippen LogP contribution in [0.2, 0.25) is 0 Å². The summed E-state index contributed by atoms with van der Waals surface area (Å²) in [6.45, 7) is 7.10. The van der Waals surface area contributed by atoms with E-state index < -0.39 is 11.8 Å². The van der Waals surface area contributed by atoms with Crippen LogP contribution in [-0.4, -0.2) is 24.0 Å². The second-order valence-corrected chi connectivity index (χ2v) is 13.1. The van der Waals surface area contributed by atoms with Crippen LogP contribution in [-0.2, 0) is 17.9 Å². The van der Waals surface area contributed by atoms with E-state index in [0.29, 0.717) is 52.6 Å². The molecule has 9 heteroatoms. The number of nitrogens with zero attached hydrogens (tertiary/aromatic N) is 2. The molecule has 7 nitrogen and oxygen atoms in total. The maximum absolute atomic E-state index is 13.5. The van der Waals surface area contributed by atoms with E-state index in [2.05, 4.69) is 34.2 Å². The van der Waals surface area contributed by atoms with Gasteiger partial charge in [-0.2, -0.15) is 5.26 Å². The lowest BCUT2D eigenvalue weighted by Crippen LogP contribution is -2.32. The van der Waals surface area contributed by atoms with Crippen molar-refractivity contribution in [3.05, 3.63) is 91.2 Å². The molecule has 3 atom stereocenters. The topological polar surface area (TPSA) is 101 Å². The van der Waals surface area contributed by atoms with Crippen molar-refractivity contribution >= 4 is 44.7 Å². The van der Waals surface area contributed by atoms with Gasteiger partial charge in [-0.05, 0) is 95.4 Å². The van der Waals surface area contributed by atoms with Crippen molar-refractivity contribution < 1.29 is 19.1 Å². The molecule has 1 amide bonds. The molecule has 2 heterocycles. The Hall–Kier alpha value is -3.74. The number of nitrogens with one attached hydrogen (secondary N) is 1. The van der Waals surface area contributed by atoms with Crippen molar-refractivity contribution in [1.82, 2.24) is 5.32 Å². The van der Waals surface area contributed by atoms with Crippen LogP contribution in [0.4, 0.5) is 0 Å². The molecule has 44 heavy (non-hydrogen) atoms. The Labute approximate surface area is 271 Å². The number of Topliss-reactive ketones (excluding diaryl/α,β-unsaturated/α-hetero) is 1. The highest BCUT2D eigenvalue weighted by molar-refractivity contribution is 9.10. The number of carbonyl (C=O) groups is 2. The summed E-state index contributed by atoms with van der Waals surface area (Å²) in [5.41, 5.74) is 4.52. The SMILES string of the molecule is CCCC1CC(=O)C2=C(C1)N=C(C)C(C#N)C2c1cc(Br)c(OCc2ccc(C(=O)NCc3cccs3)cc2)c(OCC)c1. The molecule has 3 aromatic rings. The fourth-order valence-electron chi connectivity index (χ4n) is 6.04. The predicted octanol–water partition coefficient (Wildman–Crippen LogP) is 8.15. The van der Waals surface area contributed by atoms with E-state index in [9.17, 15) is 14.9 Å². The number of thiophene rings is 1. The number of ether oxygens (including phenoxy) is 2. The number of ketones is 1. The summed E-state index contributed by atoms with van der Waals surface area (Å²) >= 11 is 5.30. The van der Waals surface area contributed by atoms with Gasteiger partial charge in [0.25, 0.3) is 5.91 Å². The van der Waals surface area contributed by atoms with E-state index in [0.717, 1.165) is 46.7 Å². The normalized spacial score (nSPS) is 19.6. The Morgan fingerprint density at radius 2 is 1.95 bits per heavy atom. The molecule has 228 valence electrons. The zero-order valence-electron chi connectivity index (χ0n) is 25.2. The molecule has 1 N–H and O–H groups in total. The summed E-state index contributed by atoms with van der Waals surface area (Å²) in [5, 5.41) is 15.1. The van der Waals surface area contributed by atoms with Crippen LogP contribution < -0.4 is 14.8 Å². The fourth-order valence-corrected chi connectivity index (χ4v) is 7.26. The van der Waals surface area contributed by atoms with Crippen molar-refractivity contribution in [2.45, 2.75) is 65.5 Å². The number of aliphatic imine (C=N–C) groups is 1. The van der Waals surface area contributed by atoms with Gasteiger partial charge in [0.15, 0.2) is 17.3 Å². The van der Waals surface area contributed by atoms with Gasteiger partial charge < -0.3 is 14.8 Å². The lowest BCUT2D eigenvalue weighted by Gasteiger charge is -2.35. The maximum Gasteiger partial charge on any atom is 0.251 e. The summed E-state index contributed by atoms with van der Waals surface area (Å²) in [6.07, 6.45) is 3.26. The molecule has 0 saturated carbocycles. The molecule has 0 saturated heterocycles. The van der Waals surface area contributed by atoms with Gasteiger partial charge in [-0.15, -0.1) is 11.3 Å². The van der Waals surface area contributed by atoms with Crippen molar-refractivity contribution in [1.29, 1.82) is 5.26 Å². The van der Waals surface area contributed by atoms with Crippen molar-refractivity contribution in [2.24, 2.45) is 16.8 Å². The minimum atomic E-state index is -0.547. The molecule has 0 fully saturated rings. The third-order valence-corrected chi connectivity index (χ3v) is 9.57. The van der Waals surface area contributed by atoms with Gasteiger partial charge in [0.2, 0.25) is 0 Å². The first kappa shape index (κ1) is 31.7. The number of benzene rings is 2. The molecule has 2 aromatic carbocycles. The van der Waals surface area contributed by atoms with Crippen molar-refractivity contribution in [2.75, 3.05) is 6.61 Å². The number of hydrogen-bond acceptors (Lipinski definition) is 7. The standard InChI is InChI=1S/C35H36BrN3O4S/c1-4-7-23-14-29-33(30(40)15-23)32(27(18-37)21(3)39-29)25-16-28(36)34(31(17-25)42-5-2)43-20-22-9-11-24(12-10-22)35(41)38-19-26-8-6-13-44-26/h6,8-13,16-17,23,27,32H,4-5,7,14-15,19-20H2,1-3H3,(H,38,41). The van der Waals surface area contributed by atoms with E-state index in [4.69, 9.17) is 14.5 Å². The Morgan fingerprint density at radius 3 is 2.64 bits per heavy atom. The first-order valence-electron chi connectivity index (χ1n) is 15.0. The summed E-state index contributed by atoms with van der Waals surface area (Å²) in [5.74, 6) is 0.350. The van der Waals surface area contributed by atoms with Crippen LogP contribution in [0, 0.1) is 23.2 Å². The molecular weight excluding hydrogens is 638 g/mol. The summed E-state index contributed by atoms with van der Waals surface area (Å²) in [7, 11) is 0. The van der Waals surface area contributed by atoms with Crippen LogP contribution in [0.15, 0.2) is 74.6 Å². The Morgan fingerprint density at radius 1 is 1.16 bits per heavy atom. The fraction of sp³-hybridized carbons (Fsp3) is 0.371. The Bertz CT molecular complexity index is 1620. The monoisotopic (exact) mass is 673 g/mol. The van der Waals surface area contributed by atoms with Crippen LogP contribution in [0.25, 0.3) is 0 Å². The highest BCUT2D eigenvalue weighted by Gasteiger charge is 2.41. The molecule has 1 aliphatic heterocycles. The summed E-state index contributed by atoms with van der Waals surface area (Å²) in [4.78, 5) is 32.0. The molecule has 1 aromatic heterocycles. The average molecular weight is 675 g/mol. The van der Waals surface area contributed by atoms with Gasteiger partial charge in [0.05, 0.1) is 29.6 Å². The second kappa shape index (κ2) is 14.4. The molecule has 0 bridgehead atoms. The van der Waals surface area contributed by atoms with Crippen molar-refractivity contribution in [3.8, 4) is 17.6 Å². The van der Waals surface area contributed by atoms with Crippen LogP contribution in [0.1, 0.15) is 78.7 Å². The molecule has 1 aliphatic carbocycles. The number of amides is 1. The largest absolute Gasteiger partial charge is 0.490 e. The smallest absolute Gasteiger partial charge is 0.251 e. The summed E-state index contributed by atoms with van der Waals surface area (Å²) in [6, 6.07) is 17.5. The van der Waals surface area contributed by atoms with Crippen LogP contribution in [0.3, 0.4) is 0 Å². The lowest BCUT2D eigenvalue weighted by molar-refractivity contribution is -0.117. The van der Waals surface area contributed by atoms with Crippen LogP contribution >= 0.6 is 27.3 Å². The van der Waals surface area contributed by atoms with Crippen LogP contribution in [0.5, 0.6) is 11.5 Å². The van der Waals surface area contributed by atoms with E-state index in [-0.39, 0.29) is 18.3 Å². The first-order valence-corrected chi connectivity index (χ1v) is 16.7. The minimum Gasteiger partial charge on any atom is -0.490 e. The Balaban J connectivity index is 1.36. The van der Waals surface area contributed by atoms with Gasteiger partial charge in [0, 0.05) is 39.8 Å². The number of carbonyl (C=O) groups excluding carboxylic acids is 2. The first-order chi connectivity index (χ1) is 21.3. The van der Waals surface area contributed by atoms with E-state index in [1.165, 1.54) is 0 Å².